The summed E-state index contributed by atoms with van der Waals surface area (Å²) >= 11 is 0. The second-order valence-corrected chi connectivity index (χ2v) is 9.18. The Morgan fingerprint density at radius 1 is 1.17 bits per heavy atom. The van der Waals surface area contributed by atoms with E-state index in [1.165, 1.54) is 17.7 Å². The molecule has 2 aromatic rings. The zero-order valence-electron chi connectivity index (χ0n) is 16.6. The number of sulfonamides is 1. The molecule has 156 valence electrons. The SMILES string of the molecule is CC(CCc1ccccc1)NC(=O)c1cccc(S(=O)(=O)NCC2CCCO2)c1. The smallest absolute Gasteiger partial charge is 0.251 e. The van der Waals surface area contributed by atoms with E-state index in [1.54, 1.807) is 12.1 Å². The molecule has 0 aromatic heterocycles. The van der Waals surface area contributed by atoms with Crippen molar-refractivity contribution < 1.29 is 17.9 Å². The second kappa shape index (κ2) is 10.0. The third kappa shape index (κ3) is 6.39. The fraction of sp³-hybridized carbons (Fsp3) is 0.409. The van der Waals surface area contributed by atoms with Gasteiger partial charge in [-0.3, -0.25) is 4.79 Å². The van der Waals surface area contributed by atoms with Crippen LogP contribution in [-0.4, -0.2) is 39.6 Å². The van der Waals surface area contributed by atoms with E-state index in [-0.39, 0.29) is 29.5 Å². The Balaban J connectivity index is 1.56. The second-order valence-electron chi connectivity index (χ2n) is 7.41. The van der Waals surface area contributed by atoms with E-state index < -0.39 is 10.0 Å². The Morgan fingerprint density at radius 3 is 2.69 bits per heavy atom. The van der Waals surface area contributed by atoms with Gasteiger partial charge < -0.3 is 10.1 Å². The van der Waals surface area contributed by atoms with Crippen molar-refractivity contribution in [2.24, 2.45) is 0 Å². The molecule has 0 bridgehead atoms. The summed E-state index contributed by atoms with van der Waals surface area (Å²) in [6, 6.07) is 16.2. The zero-order chi connectivity index (χ0) is 20.7. The molecule has 6 nitrogen and oxygen atoms in total. The molecular formula is C22H28N2O4S. The normalized spacial score (nSPS) is 17.8. The highest BCUT2D eigenvalue weighted by molar-refractivity contribution is 7.89. The topological polar surface area (TPSA) is 84.5 Å². The highest BCUT2D eigenvalue weighted by Crippen LogP contribution is 2.15. The van der Waals surface area contributed by atoms with Gasteiger partial charge in [0.1, 0.15) is 0 Å². The van der Waals surface area contributed by atoms with Crippen molar-refractivity contribution in [1.29, 1.82) is 0 Å². The number of hydrogen-bond acceptors (Lipinski definition) is 4. The first-order valence-corrected chi connectivity index (χ1v) is 11.5. The quantitative estimate of drug-likeness (QED) is 0.658. The lowest BCUT2D eigenvalue weighted by molar-refractivity contribution is 0.0938. The number of ether oxygens (including phenoxy) is 1. The van der Waals surface area contributed by atoms with Crippen molar-refractivity contribution in [3.63, 3.8) is 0 Å². The average Bonchev–Trinajstić information content (AvgIpc) is 3.25. The van der Waals surface area contributed by atoms with Crippen LogP contribution in [0.3, 0.4) is 0 Å². The van der Waals surface area contributed by atoms with Gasteiger partial charge in [0, 0.05) is 24.8 Å². The van der Waals surface area contributed by atoms with Crippen molar-refractivity contribution in [3.8, 4) is 0 Å². The third-order valence-electron chi connectivity index (χ3n) is 5.02. The minimum atomic E-state index is -3.69. The number of carbonyl (C=O) groups is 1. The molecule has 3 rings (SSSR count). The van der Waals surface area contributed by atoms with Crippen LogP contribution < -0.4 is 10.0 Å². The summed E-state index contributed by atoms with van der Waals surface area (Å²) in [6.07, 6.45) is 3.39. The highest BCUT2D eigenvalue weighted by Gasteiger charge is 2.21. The van der Waals surface area contributed by atoms with Crippen LogP contribution in [0.5, 0.6) is 0 Å². The van der Waals surface area contributed by atoms with Gasteiger partial charge in [-0.25, -0.2) is 13.1 Å². The van der Waals surface area contributed by atoms with Gasteiger partial charge in [-0.05, 0) is 56.4 Å². The lowest BCUT2D eigenvalue weighted by Crippen LogP contribution is -2.34. The van der Waals surface area contributed by atoms with Crippen LogP contribution in [0.1, 0.15) is 42.1 Å². The Labute approximate surface area is 172 Å². The minimum absolute atomic E-state index is 0.0272. The van der Waals surface area contributed by atoms with Gasteiger partial charge in [0.15, 0.2) is 0 Å². The molecule has 2 atom stereocenters. The highest BCUT2D eigenvalue weighted by atomic mass is 32.2. The predicted molar refractivity (Wildman–Crippen MR) is 112 cm³/mol. The number of nitrogens with one attached hydrogen (secondary N) is 2. The molecule has 2 N–H and O–H groups in total. The number of aryl methyl sites for hydroxylation is 1. The van der Waals surface area contributed by atoms with Crippen LogP contribution in [0, 0.1) is 0 Å². The van der Waals surface area contributed by atoms with Gasteiger partial charge in [0.25, 0.3) is 5.91 Å². The first-order valence-electron chi connectivity index (χ1n) is 10.0. The Morgan fingerprint density at radius 2 is 1.97 bits per heavy atom. The summed E-state index contributed by atoms with van der Waals surface area (Å²) in [6.45, 7) is 2.87. The van der Waals surface area contributed by atoms with Crippen molar-refractivity contribution in [2.75, 3.05) is 13.2 Å². The molecule has 2 aromatic carbocycles. The summed E-state index contributed by atoms with van der Waals surface area (Å²) in [5, 5.41) is 2.95. The molecule has 1 heterocycles. The van der Waals surface area contributed by atoms with Crippen LogP contribution in [0.4, 0.5) is 0 Å². The maximum absolute atomic E-state index is 12.6. The molecule has 0 radical (unpaired) electrons. The summed E-state index contributed by atoms with van der Waals surface area (Å²) in [5.74, 6) is -0.276. The van der Waals surface area contributed by atoms with E-state index in [0.717, 1.165) is 25.7 Å². The first-order chi connectivity index (χ1) is 13.9. The van der Waals surface area contributed by atoms with Gasteiger partial charge in [-0.15, -0.1) is 0 Å². The lowest BCUT2D eigenvalue weighted by atomic mass is 10.1. The number of benzene rings is 2. The van der Waals surface area contributed by atoms with E-state index in [0.29, 0.717) is 12.2 Å². The van der Waals surface area contributed by atoms with Crippen molar-refractivity contribution in [3.05, 3.63) is 65.7 Å². The number of hydrogen-bond donors (Lipinski definition) is 2. The molecule has 1 fully saturated rings. The predicted octanol–water partition coefficient (Wildman–Crippen LogP) is 2.90. The molecule has 0 saturated carbocycles. The minimum Gasteiger partial charge on any atom is -0.377 e. The molecule has 1 saturated heterocycles. The van der Waals surface area contributed by atoms with E-state index in [9.17, 15) is 13.2 Å². The molecule has 1 aliphatic heterocycles. The van der Waals surface area contributed by atoms with Crippen molar-refractivity contribution in [1.82, 2.24) is 10.0 Å². The van der Waals surface area contributed by atoms with E-state index in [4.69, 9.17) is 4.74 Å². The first kappa shape index (κ1) is 21.5. The fourth-order valence-corrected chi connectivity index (χ4v) is 4.41. The Hall–Kier alpha value is -2.22. The molecule has 2 unspecified atom stereocenters. The lowest BCUT2D eigenvalue weighted by Gasteiger charge is -2.15. The van der Waals surface area contributed by atoms with Crippen LogP contribution in [0.25, 0.3) is 0 Å². The standard InChI is InChI=1S/C22H28N2O4S/c1-17(12-13-18-7-3-2-4-8-18)24-22(25)19-9-5-11-21(15-19)29(26,27)23-16-20-10-6-14-28-20/h2-5,7-9,11,15,17,20,23H,6,10,12-14,16H2,1H3,(H,24,25). The molecule has 7 heteroatoms. The maximum Gasteiger partial charge on any atom is 0.251 e. The largest absolute Gasteiger partial charge is 0.377 e. The van der Waals surface area contributed by atoms with Gasteiger partial charge in [-0.1, -0.05) is 36.4 Å². The van der Waals surface area contributed by atoms with E-state index >= 15 is 0 Å². The number of amides is 1. The van der Waals surface area contributed by atoms with Crippen molar-refractivity contribution >= 4 is 15.9 Å². The maximum atomic E-state index is 12.6. The van der Waals surface area contributed by atoms with Gasteiger partial charge in [0.05, 0.1) is 11.0 Å². The molecule has 0 spiro atoms. The van der Waals surface area contributed by atoms with Gasteiger partial charge in [0.2, 0.25) is 10.0 Å². The molecule has 1 amide bonds. The van der Waals surface area contributed by atoms with Crippen LogP contribution in [0.2, 0.25) is 0 Å². The summed E-state index contributed by atoms with van der Waals surface area (Å²) in [7, 11) is -3.69. The average molecular weight is 417 g/mol. The van der Waals surface area contributed by atoms with Gasteiger partial charge >= 0.3 is 0 Å². The fourth-order valence-electron chi connectivity index (χ4n) is 3.30. The molecule has 1 aliphatic rings. The van der Waals surface area contributed by atoms with E-state index in [1.807, 2.05) is 25.1 Å². The molecular weight excluding hydrogens is 388 g/mol. The third-order valence-corrected chi connectivity index (χ3v) is 6.44. The van der Waals surface area contributed by atoms with Crippen LogP contribution >= 0.6 is 0 Å². The van der Waals surface area contributed by atoms with Crippen LogP contribution in [0.15, 0.2) is 59.5 Å². The monoisotopic (exact) mass is 416 g/mol. The van der Waals surface area contributed by atoms with Gasteiger partial charge in [-0.2, -0.15) is 0 Å². The zero-order valence-corrected chi connectivity index (χ0v) is 17.5. The number of rotatable bonds is 9. The Kier molecular flexibility index (Phi) is 7.41. The Bertz CT molecular complexity index is 909. The molecule has 29 heavy (non-hydrogen) atoms. The van der Waals surface area contributed by atoms with E-state index in [2.05, 4.69) is 22.2 Å². The molecule has 0 aliphatic carbocycles. The summed E-state index contributed by atoms with van der Waals surface area (Å²) < 4.78 is 33.1. The number of carbonyl (C=O) groups excluding carboxylic acids is 1. The van der Waals surface area contributed by atoms with Crippen molar-refractivity contribution in [2.45, 2.75) is 49.6 Å². The van der Waals surface area contributed by atoms with Crippen LogP contribution in [-0.2, 0) is 21.2 Å². The summed E-state index contributed by atoms with van der Waals surface area (Å²) in [5.41, 5.74) is 1.55. The summed E-state index contributed by atoms with van der Waals surface area (Å²) in [4.78, 5) is 12.6.